The van der Waals surface area contributed by atoms with Gasteiger partial charge in [0.2, 0.25) is 0 Å². The van der Waals surface area contributed by atoms with E-state index in [1.807, 2.05) is 45.0 Å². The fourth-order valence-corrected chi connectivity index (χ4v) is 2.64. The van der Waals surface area contributed by atoms with E-state index in [4.69, 9.17) is 20.9 Å². The van der Waals surface area contributed by atoms with Gasteiger partial charge >= 0.3 is 0 Å². The van der Waals surface area contributed by atoms with Crippen LogP contribution < -0.4 is 10.1 Å². The Morgan fingerprint density at radius 1 is 1.15 bits per heavy atom. The molecule has 1 amide bonds. The zero-order valence-corrected chi connectivity index (χ0v) is 16.3. The Kier molecular flexibility index (Phi) is 5.46. The molecule has 3 aromatic rings. The number of hydrogen-bond donors (Lipinski definition) is 1. The van der Waals surface area contributed by atoms with Crippen molar-refractivity contribution in [2.75, 3.05) is 5.32 Å². The van der Waals surface area contributed by atoms with E-state index in [1.54, 1.807) is 19.1 Å². The van der Waals surface area contributed by atoms with E-state index in [1.165, 1.54) is 0 Å². The normalized spacial score (nSPS) is 11.9. The average molecular weight is 386 g/mol. The molecule has 6 nitrogen and oxygen atoms in total. The number of rotatable bonds is 5. The van der Waals surface area contributed by atoms with Crippen molar-refractivity contribution >= 4 is 23.5 Å². The van der Waals surface area contributed by atoms with Crippen LogP contribution in [0.3, 0.4) is 0 Å². The molecule has 1 atom stereocenters. The van der Waals surface area contributed by atoms with Crippen LogP contribution in [0.4, 0.5) is 5.95 Å². The topological polar surface area (TPSA) is 77.2 Å². The van der Waals surface area contributed by atoms with Gasteiger partial charge in [0.25, 0.3) is 17.7 Å². The van der Waals surface area contributed by atoms with E-state index in [0.717, 1.165) is 22.3 Å². The molecule has 0 radical (unpaired) electrons. The van der Waals surface area contributed by atoms with Gasteiger partial charge in [0.05, 0.1) is 0 Å². The minimum atomic E-state index is -0.744. The zero-order valence-electron chi connectivity index (χ0n) is 15.5. The summed E-state index contributed by atoms with van der Waals surface area (Å²) in [7, 11) is 0. The molecule has 1 aromatic heterocycles. The lowest BCUT2D eigenvalue weighted by Gasteiger charge is -2.15. The number of halogens is 1. The summed E-state index contributed by atoms with van der Waals surface area (Å²) in [4.78, 5) is 16.6. The number of anilines is 1. The van der Waals surface area contributed by atoms with Gasteiger partial charge in [-0.15, -0.1) is 0 Å². The number of nitrogens with zero attached hydrogens (tertiary/aromatic N) is 2. The second-order valence-electron chi connectivity index (χ2n) is 6.41. The highest BCUT2D eigenvalue weighted by atomic mass is 35.5. The summed E-state index contributed by atoms with van der Waals surface area (Å²) in [6.45, 7) is 7.42. The third-order valence-corrected chi connectivity index (χ3v) is 4.65. The highest BCUT2D eigenvalue weighted by molar-refractivity contribution is 6.32. The standard InChI is InChI=1S/C20H20ClN3O3/c1-11-5-7-15(8-6-11)19-23-20(24-27-19)22-18(25)14(4)26-16-9-12(2)17(21)13(3)10-16/h5-10,14H,1-4H3,(H,22,24,25)/t14-/m0/s1. The molecule has 0 aliphatic heterocycles. The molecule has 2 aromatic carbocycles. The molecule has 1 N–H and O–H groups in total. The van der Waals surface area contributed by atoms with Crippen molar-refractivity contribution in [3.8, 4) is 17.2 Å². The molecule has 27 heavy (non-hydrogen) atoms. The van der Waals surface area contributed by atoms with Crippen molar-refractivity contribution in [1.82, 2.24) is 10.1 Å². The number of carbonyl (C=O) groups excluding carboxylic acids is 1. The lowest BCUT2D eigenvalue weighted by Crippen LogP contribution is -2.30. The van der Waals surface area contributed by atoms with Crippen LogP contribution in [0.1, 0.15) is 23.6 Å². The first-order valence-corrected chi connectivity index (χ1v) is 8.86. The molecule has 7 heteroatoms. The lowest BCUT2D eigenvalue weighted by molar-refractivity contribution is -0.122. The fourth-order valence-electron chi connectivity index (χ4n) is 2.53. The van der Waals surface area contributed by atoms with Gasteiger partial charge in [0.1, 0.15) is 5.75 Å². The second kappa shape index (κ2) is 7.80. The van der Waals surface area contributed by atoms with Gasteiger partial charge < -0.3 is 9.26 Å². The van der Waals surface area contributed by atoms with Gasteiger partial charge in [-0.1, -0.05) is 29.3 Å². The molecule has 3 rings (SSSR count). The van der Waals surface area contributed by atoms with E-state index in [2.05, 4.69) is 15.5 Å². The Hall–Kier alpha value is -2.86. The van der Waals surface area contributed by atoms with Crippen LogP contribution in [0.5, 0.6) is 5.75 Å². The maximum absolute atomic E-state index is 12.4. The Balaban J connectivity index is 1.66. The van der Waals surface area contributed by atoms with E-state index in [9.17, 15) is 4.79 Å². The summed E-state index contributed by atoms with van der Waals surface area (Å²) in [6, 6.07) is 11.2. The van der Waals surface area contributed by atoms with Crippen molar-refractivity contribution in [2.24, 2.45) is 0 Å². The maximum Gasteiger partial charge on any atom is 0.270 e. The van der Waals surface area contributed by atoms with Crippen LogP contribution in [0, 0.1) is 20.8 Å². The number of amides is 1. The summed E-state index contributed by atoms with van der Waals surface area (Å²) in [5.74, 6) is 0.624. The van der Waals surface area contributed by atoms with Crippen LogP contribution in [-0.4, -0.2) is 22.2 Å². The Morgan fingerprint density at radius 2 is 1.78 bits per heavy atom. The molecule has 1 heterocycles. The number of carbonyl (C=O) groups is 1. The van der Waals surface area contributed by atoms with Crippen molar-refractivity contribution in [1.29, 1.82) is 0 Å². The first kappa shape index (κ1) is 18.9. The third-order valence-electron chi connectivity index (χ3n) is 4.05. The Bertz CT molecular complexity index is 944. The molecule has 0 aliphatic rings. The highest BCUT2D eigenvalue weighted by Gasteiger charge is 2.19. The second-order valence-corrected chi connectivity index (χ2v) is 6.79. The highest BCUT2D eigenvalue weighted by Crippen LogP contribution is 2.26. The molecule has 0 fully saturated rings. The number of benzene rings is 2. The number of ether oxygens (including phenoxy) is 1. The number of aryl methyl sites for hydroxylation is 3. The molecule has 0 aliphatic carbocycles. The lowest BCUT2D eigenvalue weighted by atomic mass is 10.1. The van der Waals surface area contributed by atoms with Gasteiger partial charge in [-0.25, -0.2) is 0 Å². The molecule has 0 unspecified atom stereocenters. The minimum absolute atomic E-state index is 0.0921. The van der Waals surface area contributed by atoms with Crippen molar-refractivity contribution in [2.45, 2.75) is 33.8 Å². The van der Waals surface area contributed by atoms with Crippen LogP contribution in [-0.2, 0) is 4.79 Å². The molecule has 0 saturated carbocycles. The van der Waals surface area contributed by atoms with E-state index < -0.39 is 6.10 Å². The van der Waals surface area contributed by atoms with Crippen LogP contribution >= 0.6 is 11.6 Å². The number of hydrogen-bond acceptors (Lipinski definition) is 5. The molecule has 0 spiro atoms. The van der Waals surface area contributed by atoms with E-state index >= 15 is 0 Å². The van der Waals surface area contributed by atoms with Crippen molar-refractivity contribution < 1.29 is 14.1 Å². The Morgan fingerprint density at radius 3 is 2.41 bits per heavy atom. The van der Waals surface area contributed by atoms with Gasteiger partial charge in [-0.2, -0.15) is 4.98 Å². The van der Waals surface area contributed by atoms with Gasteiger partial charge in [-0.05, 0) is 68.2 Å². The predicted molar refractivity (Wildman–Crippen MR) is 104 cm³/mol. The fraction of sp³-hybridized carbons (Fsp3) is 0.250. The van der Waals surface area contributed by atoms with Crippen molar-refractivity contribution in [3.05, 3.63) is 58.1 Å². The largest absolute Gasteiger partial charge is 0.481 e. The van der Waals surface area contributed by atoms with E-state index in [0.29, 0.717) is 16.7 Å². The summed E-state index contributed by atoms with van der Waals surface area (Å²) in [6.07, 6.45) is -0.744. The van der Waals surface area contributed by atoms with Crippen molar-refractivity contribution in [3.63, 3.8) is 0 Å². The summed E-state index contributed by atoms with van der Waals surface area (Å²) in [5, 5.41) is 7.08. The zero-order chi connectivity index (χ0) is 19.6. The van der Waals surface area contributed by atoms with Gasteiger partial charge in [0.15, 0.2) is 6.10 Å². The number of aromatic nitrogens is 2. The quantitative estimate of drug-likeness (QED) is 0.687. The monoisotopic (exact) mass is 385 g/mol. The molecular formula is C20H20ClN3O3. The van der Waals surface area contributed by atoms with E-state index in [-0.39, 0.29) is 11.9 Å². The maximum atomic E-state index is 12.4. The third kappa shape index (κ3) is 4.46. The Labute approximate surface area is 162 Å². The smallest absolute Gasteiger partial charge is 0.270 e. The number of nitrogens with one attached hydrogen (secondary N) is 1. The molecular weight excluding hydrogens is 366 g/mol. The average Bonchev–Trinajstić information content (AvgIpc) is 3.08. The predicted octanol–water partition coefficient (Wildman–Crippen LogP) is 4.72. The summed E-state index contributed by atoms with van der Waals surface area (Å²) < 4.78 is 10.9. The molecule has 0 bridgehead atoms. The first-order chi connectivity index (χ1) is 12.8. The van der Waals surface area contributed by atoms with Crippen LogP contribution in [0.15, 0.2) is 40.9 Å². The SMILES string of the molecule is Cc1ccc(-c2nc(NC(=O)[C@H](C)Oc3cc(C)c(Cl)c(C)c3)no2)cc1. The first-order valence-electron chi connectivity index (χ1n) is 8.48. The summed E-state index contributed by atoms with van der Waals surface area (Å²) >= 11 is 6.16. The van der Waals surface area contributed by atoms with Gasteiger partial charge in [-0.3, -0.25) is 10.1 Å². The summed E-state index contributed by atoms with van der Waals surface area (Å²) in [5.41, 5.74) is 3.69. The van der Waals surface area contributed by atoms with Crippen LogP contribution in [0.2, 0.25) is 5.02 Å². The molecule has 140 valence electrons. The van der Waals surface area contributed by atoms with Gasteiger partial charge in [0, 0.05) is 10.6 Å². The molecule has 0 saturated heterocycles. The van der Waals surface area contributed by atoms with Crippen LogP contribution in [0.25, 0.3) is 11.5 Å². The minimum Gasteiger partial charge on any atom is -0.481 e.